The van der Waals surface area contributed by atoms with Crippen LogP contribution in [0.15, 0.2) is 12.7 Å². The lowest BCUT2D eigenvalue weighted by Crippen LogP contribution is -2.46. The zero-order valence-electron chi connectivity index (χ0n) is 10.7. The first-order chi connectivity index (χ1) is 9.29. The molecule has 20 heavy (non-hydrogen) atoms. The summed E-state index contributed by atoms with van der Waals surface area (Å²) >= 11 is 0. The molecule has 1 aliphatic heterocycles. The highest BCUT2D eigenvalue weighted by molar-refractivity contribution is 6.45. The van der Waals surface area contributed by atoms with Gasteiger partial charge in [-0.05, 0) is 6.92 Å². The number of aliphatic carboxylic acids is 1. The summed E-state index contributed by atoms with van der Waals surface area (Å²) in [6.07, 6.45) is 1.26. The van der Waals surface area contributed by atoms with Gasteiger partial charge in [0.2, 0.25) is 5.91 Å². The largest absolute Gasteiger partial charge is 0.480 e. The van der Waals surface area contributed by atoms with Crippen LogP contribution >= 0.6 is 0 Å². The van der Waals surface area contributed by atoms with Gasteiger partial charge in [-0.2, -0.15) is 0 Å². The molecule has 9 heteroatoms. The molecule has 0 aromatic rings. The second-order valence-corrected chi connectivity index (χ2v) is 4.01. The Labute approximate surface area is 113 Å². The molecular formula is C11H13N3O6. The van der Waals surface area contributed by atoms with E-state index >= 15 is 0 Å². The topological polar surface area (TPSA) is 124 Å². The van der Waals surface area contributed by atoms with E-state index in [0.29, 0.717) is 9.80 Å². The molecule has 9 nitrogen and oxygen atoms in total. The van der Waals surface area contributed by atoms with Crippen LogP contribution in [0.1, 0.15) is 6.92 Å². The van der Waals surface area contributed by atoms with Crippen LogP contribution in [0.2, 0.25) is 0 Å². The summed E-state index contributed by atoms with van der Waals surface area (Å²) in [6, 6.07) is -2.10. The summed E-state index contributed by atoms with van der Waals surface area (Å²) in [5.74, 6) is -4.29. The van der Waals surface area contributed by atoms with E-state index in [0.717, 1.165) is 0 Å². The van der Waals surface area contributed by atoms with Gasteiger partial charge in [-0.25, -0.2) is 9.69 Å². The van der Waals surface area contributed by atoms with Gasteiger partial charge < -0.3 is 10.4 Å². The van der Waals surface area contributed by atoms with E-state index in [4.69, 9.17) is 5.11 Å². The van der Waals surface area contributed by atoms with Crippen LogP contribution in [0, 0.1) is 0 Å². The van der Waals surface area contributed by atoms with Gasteiger partial charge in [-0.15, -0.1) is 6.58 Å². The van der Waals surface area contributed by atoms with Gasteiger partial charge in [0.1, 0.15) is 12.6 Å². The van der Waals surface area contributed by atoms with Gasteiger partial charge in [0.05, 0.1) is 0 Å². The van der Waals surface area contributed by atoms with Crippen molar-refractivity contribution < 1.29 is 29.1 Å². The Morgan fingerprint density at radius 3 is 2.35 bits per heavy atom. The van der Waals surface area contributed by atoms with Crippen molar-refractivity contribution in [2.45, 2.75) is 13.0 Å². The number of nitrogens with one attached hydrogen (secondary N) is 1. The number of rotatable bonds is 6. The van der Waals surface area contributed by atoms with Crippen LogP contribution in [0.3, 0.4) is 0 Å². The molecule has 1 heterocycles. The lowest BCUT2D eigenvalue weighted by molar-refractivity contribution is -0.144. The first-order valence-corrected chi connectivity index (χ1v) is 5.60. The van der Waals surface area contributed by atoms with Crippen molar-refractivity contribution in [2.75, 3.05) is 13.1 Å². The van der Waals surface area contributed by atoms with Crippen LogP contribution in [-0.4, -0.2) is 63.8 Å². The average Bonchev–Trinajstić information content (AvgIpc) is 2.56. The smallest absolute Gasteiger partial charge is 0.335 e. The Balaban J connectivity index is 2.73. The fourth-order valence-corrected chi connectivity index (χ4v) is 1.47. The van der Waals surface area contributed by atoms with Crippen molar-refractivity contribution in [2.24, 2.45) is 0 Å². The number of imide groups is 2. The van der Waals surface area contributed by atoms with Crippen LogP contribution in [0.25, 0.3) is 0 Å². The minimum atomic E-state index is -1.26. The molecule has 108 valence electrons. The zero-order chi connectivity index (χ0) is 15.4. The van der Waals surface area contributed by atoms with Crippen molar-refractivity contribution in [3.63, 3.8) is 0 Å². The summed E-state index contributed by atoms with van der Waals surface area (Å²) in [5.41, 5.74) is 0. The SMILES string of the molecule is C=CCN1C(=O)C(=O)N(CC(=O)N[C@H](C)C(=O)O)C1=O. The fraction of sp³-hybridized carbons (Fsp3) is 0.364. The molecule has 1 rings (SSSR count). The minimum absolute atomic E-state index is 0.146. The fourth-order valence-electron chi connectivity index (χ4n) is 1.47. The second-order valence-electron chi connectivity index (χ2n) is 4.01. The third kappa shape index (κ3) is 2.99. The number of carboxylic acid groups (broad SMARTS) is 1. The van der Waals surface area contributed by atoms with E-state index < -0.39 is 42.3 Å². The number of carboxylic acids is 1. The summed E-state index contributed by atoms with van der Waals surface area (Å²) in [4.78, 5) is 57.9. The Morgan fingerprint density at radius 1 is 1.30 bits per heavy atom. The quantitative estimate of drug-likeness (QED) is 0.349. The second kappa shape index (κ2) is 5.95. The molecule has 1 atom stereocenters. The molecule has 0 unspecified atom stereocenters. The van der Waals surface area contributed by atoms with E-state index in [9.17, 15) is 24.0 Å². The van der Waals surface area contributed by atoms with Gasteiger partial charge in [-0.3, -0.25) is 24.1 Å². The number of amides is 5. The van der Waals surface area contributed by atoms with Gasteiger partial charge >= 0.3 is 23.8 Å². The van der Waals surface area contributed by atoms with Crippen LogP contribution < -0.4 is 5.32 Å². The maximum Gasteiger partial charge on any atom is 0.335 e. The maximum atomic E-state index is 11.7. The lowest BCUT2D eigenvalue weighted by atomic mass is 10.3. The first-order valence-electron chi connectivity index (χ1n) is 5.60. The Hall–Kier alpha value is -2.71. The Morgan fingerprint density at radius 2 is 1.85 bits per heavy atom. The number of carbonyl (C=O) groups is 5. The number of hydrogen-bond acceptors (Lipinski definition) is 5. The number of hydrogen-bond donors (Lipinski definition) is 2. The predicted molar refractivity (Wildman–Crippen MR) is 64.3 cm³/mol. The average molecular weight is 283 g/mol. The van der Waals surface area contributed by atoms with Crippen LogP contribution in [-0.2, 0) is 19.2 Å². The number of carbonyl (C=O) groups excluding carboxylic acids is 4. The van der Waals surface area contributed by atoms with Crippen molar-refractivity contribution in [1.82, 2.24) is 15.1 Å². The molecule has 5 amide bonds. The Bertz CT molecular complexity index is 500. The molecule has 0 bridgehead atoms. The molecule has 0 aromatic carbocycles. The molecule has 0 saturated carbocycles. The van der Waals surface area contributed by atoms with E-state index in [1.54, 1.807) is 0 Å². The van der Waals surface area contributed by atoms with E-state index in [2.05, 4.69) is 11.9 Å². The first kappa shape index (κ1) is 15.3. The van der Waals surface area contributed by atoms with E-state index in [1.165, 1.54) is 13.0 Å². The highest BCUT2D eigenvalue weighted by Gasteiger charge is 2.44. The van der Waals surface area contributed by atoms with Gasteiger partial charge in [0.25, 0.3) is 0 Å². The monoisotopic (exact) mass is 283 g/mol. The molecule has 1 aliphatic rings. The lowest BCUT2D eigenvalue weighted by Gasteiger charge is -2.15. The van der Waals surface area contributed by atoms with Crippen molar-refractivity contribution in [1.29, 1.82) is 0 Å². The zero-order valence-corrected chi connectivity index (χ0v) is 10.7. The molecule has 0 aliphatic carbocycles. The molecule has 0 aromatic heterocycles. The number of urea groups is 1. The standard InChI is InChI=1S/C11H13N3O6/c1-3-4-13-8(16)9(17)14(11(13)20)5-7(15)12-6(2)10(18)19/h3,6H,1,4-5H2,2H3,(H,12,15)(H,18,19)/t6-/m1/s1. The van der Waals surface area contributed by atoms with Gasteiger partial charge in [-0.1, -0.05) is 6.08 Å². The van der Waals surface area contributed by atoms with Crippen molar-refractivity contribution >= 4 is 29.7 Å². The molecule has 1 saturated heterocycles. The molecular weight excluding hydrogens is 270 g/mol. The van der Waals surface area contributed by atoms with Crippen molar-refractivity contribution in [3.05, 3.63) is 12.7 Å². The molecule has 1 fully saturated rings. The highest BCUT2D eigenvalue weighted by atomic mass is 16.4. The predicted octanol–water partition coefficient (Wildman–Crippen LogP) is -1.45. The maximum absolute atomic E-state index is 11.7. The third-order valence-electron chi connectivity index (χ3n) is 2.50. The summed E-state index contributed by atoms with van der Waals surface area (Å²) in [5, 5.41) is 10.7. The Kier molecular flexibility index (Phi) is 4.57. The summed E-state index contributed by atoms with van der Waals surface area (Å²) < 4.78 is 0. The third-order valence-corrected chi connectivity index (χ3v) is 2.50. The van der Waals surface area contributed by atoms with Crippen LogP contribution in [0.4, 0.5) is 4.79 Å². The molecule has 0 spiro atoms. The number of nitrogens with zero attached hydrogens (tertiary/aromatic N) is 2. The van der Waals surface area contributed by atoms with E-state index in [1.807, 2.05) is 0 Å². The van der Waals surface area contributed by atoms with Crippen LogP contribution in [0.5, 0.6) is 0 Å². The van der Waals surface area contributed by atoms with Gasteiger partial charge in [0, 0.05) is 6.54 Å². The van der Waals surface area contributed by atoms with Gasteiger partial charge in [0.15, 0.2) is 0 Å². The minimum Gasteiger partial charge on any atom is -0.480 e. The summed E-state index contributed by atoms with van der Waals surface area (Å²) in [6.45, 7) is 3.71. The normalized spacial score (nSPS) is 16.4. The molecule has 2 N–H and O–H groups in total. The molecule has 0 radical (unpaired) electrons. The summed E-state index contributed by atoms with van der Waals surface area (Å²) in [7, 11) is 0. The highest BCUT2D eigenvalue weighted by Crippen LogP contribution is 2.11. The van der Waals surface area contributed by atoms with E-state index in [-0.39, 0.29) is 6.54 Å². The van der Waals surface area contributed by atoms with Crippen molar-refractivity contribution in [3.8, 4) is 0 Å².